The first-order valence-electron chi connectivity index (χ1n) is 8.71. The number of benzene rings is 2. The van der Waals surface area contributed by atoms with Crippen molar-refractivity contribution in [3.63, 3.8) is 0 Å². The van der Waals surface area contributed by atoms with Crippen LogP contribution in [-0.4, -0.2) is 15.9 Å². The van der Waals surface area contributed by atoms with Crippen molar-refractivity contribution in [3.8, 4) is 0 Å². The Morgan fingerprint density at radius 1 is 1.17 bits per heavy atom. The van der Waals surface area contributed by atoms with Gasteiger partial charge in [0.15, 0.2) is 5.58 Å². The molecule has 1 N–H and O–H groups in total. The number of amides is 1. The lowest BCUT2D eigenvalue weighted by Gasteiger charge is -2.03. The Labute approximate surface area is 177 Å². The third kappa shape index (κ3) is 4.80. The minimum absolute atomic E-state index is 0.00881. The second kappa shape index (κ2) is 8.08. The Hall–Kier alpha value is -2.91. The van der Waals surface area contributed by atoms with Gasteiger partial charge in [-0.15, -0.1) is 11.3 Å². The SMILES string of the molecule is O=C(Cc1csc(Cc2cccc(Cl)c2)n1)Nc1ccc2oc(C(F)(F)F)nc2c1. The van der Waals surface area contributed by atoms with Crippen LogP contribution < -0.4 is 5.32 Å². The molecule has 2 heterocycles. The van der Waals surface area contributed by atoms with Gasteiger partial charge in [0.05, 0.1) is 17.1 Å². The minimum atomic E-state index is -4.67. The van der Waals surface area contributed by atoms with E-state index >= 15 is 0 Å². The number of nitrogens with one attached hydrogen (secondary N) is 1. The number of halogens is 4. The lowest BCUT2D eigenvalue weighted by Crippen LogP contribution is -2.14. The maximum absolute atomic E-state index is 12.7. The average molecular weight is 452 g/mol. The molecule has 10 heteroatoms. The summed E-state index contributed by atoms with van der Waals surface area (Å²) < 4.78 is 42.8. The predicted octanol–water partition coefficient (Wildman–Crippen LogP) is 5.73. The van der Waals surface area contributed by atoms with Crippen LogP contribution in [0, 0.1) is 0 Å². The molecule has 0 aliphatic rings. The Kier molecular flexibility index (Phi) is 5.48. The number of rotatable bonds is 5. The summed E-state index contributed by atoms with van der Waals surface area (Å²) >= 11 is 7.43. The molecule has 0 fully saturated rings. The van der Waals surface area contributed by atoms with E-state index in [-0.39, 0.29) is 23.4 Å². The van der Waals surface area contributed by atoms with Crippen molar-refractivity contribution in [3.05, 3.63) is 75.0 Å². The van der Waals surface area contributed by atoms with Crippen LogP contribution in [0.2, 0.25) is 5.02 Å². The number of carbonyl (C=O) groups is 1. The minimum Gasteiger partial charge on any atom is -0.433 e. The number of oxazole rings is 1. The summed E-state index contributed by atoms with van der Waals surface area (Å²) in [6.07, 6.45) is -4.02. The molecule has 0 unspecified atom stereocenters. The summed E-state index contributed by atoms with van der Waals surface area (Å²) in [6.45, 7) is 0. The first kappa shape index (κ1) is 20.4. The second-order valence-corrected chi connectivity index (χ2v) is 7.84. The number of carbonyl (C=O) groups excluding carboxylic acids is 1. The van der Waals surface area contributed by atoms with Crippen LogP contribution in [0.3, 0.4) is 0 Å². The molecule has 154 valence electrons. The van der Waals surface area contributed by atoms with Crippen LogP contribution >= 0.6 is 22.9 Å². The Balaban J connectivity index is 1.40. The van der Waals surface area contributed by atoms with Crippen LogP contribution in [0.1, 0.15) is 22.2 Å². The number of alkyl halides is 3. The highest BCUT2D eigenvalue weighted by atomic mass is 35.5. The fourth-order valence-electron chi connectivity index (χ4n) is 2.83. The van der Waals surface area contributed by atoms with Gasteiger partial charge in [0.1, 0.15) is 5.52 Å². The molecule has 0 bridgehead atoms. The number of aromatic nitrogens is 2. The molecular formula is C20H13ClF3N3O2S. The maximum atomic E-state index is 12.7. The number of fused-ring (bicyclic) bond motifs is 1. The van der Waals surface area contributed by atoms with Crippen molar-refractivity contribution < 1.29 is 22.4 Å². The van der Waals surface area contributed by atoms with E-state index in [1.54, 1.807) is 11.4 Å². The Morgan fingerprint density at radius 2 is 2.00 bits per heavy atom. The zero-order chi connectivity index (χ0) is 21.3. The lowest BCUT2D eigenvalue weighted by molar-refractivity contribution is -0.156. The summed E-state index contributed by atoms with van der Waals surface area (Å²) in [6, 6.07) is 11.6. The number of nitrogens with zero attached hydrogens (tertiary/aromatic N) is 2. The molecule has 0 spiro atoms. The Morgan fingerprint density at radius 3 is 2.77 bits per heavy atom. The molecule has 5 nitrogen and oxygen atoms in total. The molecule has 0 aliphatic heterocycles. The van der Waals surface area contributed by atoms with Crippen molar-refractivity contribution in [1.29, 1.82) is 0 Å². The second-order valence-electron chi connectivity index (χ2n) is 6.46. The molecule has 0 aliphatic carbocycles. The number of anilines is 1. The van der Waals surface area contributed by atoms with Gasteiger partial charge in [0, 0.05) is 22.5 Å². The summed E-state index contributed by atoms with van der Waals surface area (Å²) in [5.41, 5.74) is 1.95. The van der Waals surface area contributed by atoms with E-state index in [0.717, 1.165) is 10.6 Å². The quantitative estimate of drug-likeness (QED) is 0.421. The average Bonchev–Trinajstić information content (AvgIpc) is 3.28. The lowest BCUT2D eigenvalue weighted by atomic mass is 10.2. The fourth-order valence-corrected chi connectivity index (χ4v) is 3.87. The highest BCUT2D eigenvalue weighted by molar-refractivity contribution is 7.09. The molecule has 0 radical (unpaired) electrons. The van der Waals surface area contributed by atoms with Gasteiger partial charge < -0.3 is 9.73 Å². The van der Waals surface area contributed by atoms with Gasteiger partial charge in [0.2, 0.25) is 5.91 Å². The molecule has 4 aromatic rings. The van der Waals surface area contributed by atoms with Crippen molar-refractivity contribution >= 4 is 45.6 Å². The largest absolute Gasteiger partial charge is 0.468 e. The van der Waals surface area contributed by atoms with Gasteiger partial charge in [0.25, 0.3) is 0 Å². The zero-order valence-electron chi connectivity index (χ0n) is 15.2. The molecule has 2 aromatic carbocycles. The van der Waals surface area contributed by atoms with E-state index in [1.165, 1.54) is 29.5 Å². The summed E-state index contributed by atoms with van der Waals surface area (Å²) in [5, 5.41) is 5.94. The molecule has 0 atom stereocenters. The van der Waals surface area contributed by atoms with E-state index in [0.29, 0.717) is 22.8 Å². The van der Waals surface area contributed by atoms with Crippen LogP contribution in [0.5, 0.6) is 0 Å². The van der Waals surface area contributed by atoms with Crippen molar-refractivity contribution in [1.82, 2.24) is 9.97 Å². The smallest absolute Gasteiger partial charge is 0.433 e. The topological polar surface area (TPSA) is 68.0 Å². The fraction of sp³-hybridized carbons (Fsp3) is 0.150. The summed E-state index contributed by atoms with van der Waals surface area (Å²) in [7, 11) is 0. The van der Waals surface area contributed by atoms with Crippen LogP contribution in [0.25, 0.3) is 11.1 Å². The number of hydrogen-bond donors (Lipinski definition) is 1. The normalized spacial score (nSPS) is 11.7. The predicted molar refractivity (Wildman–Crippen MR) is 108 cm³/mol. The third-order valence-electron chi connectivity index (χ3n) is 4.10. The van der Waals surface area contributed by atoms with Crippen molar-refractivity contribution in [2.75, 3.05) is 5.32 Å². The molecule has 4 rings (SSSR count). The van der Waals surface area contributed by atoms with Gasteiger partial charge >= 0.3 is 12.1 Å². The summed E-state index contributed by atoms with van der Waals surface area (Å²) in [4.78, 5) is 20.2. The van der Waals surface area contributed by atoms with Crippen LogP contribution in [0.4, 0.5) is 18.9 Å². The van der Waals surface area contributed by atoms with Crippen molar-refractivity contribution in [2.45, 2.75) is 19.0 Å². The van der Waals surface area contributed by atoms with Gasteiger partial charge in [-0.05, 0) is 35.9 Å². The first-order valence-corrected chi connectivity index (χ1v) is 9.97. The molecular weight excluding hydrogens is 439 g/mol. The number of hydrogen-bond acceptors (Lipinski definition) is 5. The van der Waals surface area contributed by atoms with Crippen molar-refractivity contribution in [2.24, 2.45) is 0 Å². The zero-order valence-corrected chi connectivity index (χ0v) is 16.7. The van der Waals surface area contributed by atoms with Crippen LogP contribution in [0.15, 0.2) is 52.3 Å². The van der Waals surface area contributed by atoms with Crippen LogP contribution in [-0.2, 0) is 23.8 Å². The summed E-state index contributed by atoms with van der Waals surface area (Å²) in [5.74, 6) is -1.66. The van der Waals surface area contributed by atoms with E-state index in [2.05, 4.69) is 19.7 Å². The van der Waals surface area contributed by atoms with E-state index in [4.69, 9.17) is 11.6 Å². The highest BCUT2D eigenvalue weighted by Crippen LogP contribution is 2.31. The number of thiazole rings is 1. The van der Waals surface area contributed by atoms with Gasteiger partial charge in [-0.25, -0.2) is 9.97 Å². The highest BCUT2D eigenvalue weighted by Gasteiger charge is 2.37. The molecule has 1 amide bonds. The van der Waals surface area contributed by atoms with E-state index < -0.39 is 12.1 Å². The maximum Gasteiger partial charge on any atom is 0.468 e. The third-order valence-corrected chi connectivity index (χ3v) is 5.23. The van der Waals surface area contributed by atoms with E-state index in [9.17, 15) is 18.0 Å². The standard InChI is InChI=1S/C20H13ClF3N3O2S/c21-12-3-1-2-11(6-12)7-18-26-14(10-30-18)9-17(28)25-13-4-5-16-15(8-13)27-19(29-16)20(22,23)24/h1-6,8,10H,7,9H2,(H,25,28). The van der Waals surface area contributed by atoms with Gasteiger partial charge in [-0.2, -0.15) is 13.2 Å². The van der Waals surface area contributed by atoms with Gasteiger partial charge in [-0.1, -0.05) is 23.7 Å². The monoisotopic (exact) mass is 451 g/mol. The molecule has 2 aromatic heterocycles. The molecule has 0 saturated carbocycles. The molecule has 0 saturated heterocycles. The first-order chi connectivity index (χ1) is 14.3. The Bertz CT molecular complexity index is 1220. The molecule has 30 heavy (non-hydrogen) atoms. The van der Waals surface area contributed by atoms with Gasteiger partial charge in [-0.3, -0.25) is 4.79 Å². The van der Waals surface area contributed by atoms with E-state index in [1.807, 2.05) is 18.2 Å².